The van der Waals surface area contributed by atoms with Gasteiger partial charge in [0.05, 0.1) is 19.7 Å². The molecule has 134 valence electrons. The molecule has 0 aliphatic rings. The lowest BCUT2D eigenvalue weighted by Crippen LogP contribution is -2.07. The number of nitrogens with one attached hydrogen (secondary N) is 1. The number of rotatable bonds is 7. The van der Waals surface area contributed by atoms with Crippen molar-refractivity contribution in [3.63, 3.8) is 0 Å². The van der Waals surface area contributed by atoms with Gasteiger partial charge < -0.3 is 19.9 Å². The zero-order valence-corrected chi connectivity index (χ0v) is 14.7. The van der Waals surface area contributed by atoms with Gasteiger partial charge >= 0.3 is 0 Å². The SMILES string of the molecule is COc1cc2nccc(Nc3ccc(CC(=O)CO)cc3)c2cc1OC. The lowest BCUT2D eigenvalue weighted by atomic mass is 10.1. The van der Waals surface area contributed by atoms with E-state index in [1.54, 1.807) is 20.4 Å². The van der Waals surface area contributed by atoms with Gasteiger partial charge in [-0.2, -0.15) is 0 Å². The van der Waals surface area contributed by atoms with Crippen LogP contribution in [0.25, 0.3) is 10.9 Å². The van der Waals surface area contributed by atoms with E-state index in [1.165, 1.54) is 0 Å². The minimum Gasteiger partial charge on any atom is -0.493 e. The number of fused-ring (bicyclic) bond motifs is 1. The number of aliphatic hydroxyl groups excluding tert-OH is 1. The van der Waals surface area contributed by atoms with Gasteiger partial charge in [0, 0.05) is 35.4 Å². The molecule has 0 saturated heterocycles. The van der Waals surface area contributed by atoms with E-state index in [4.69, 9.17) is 14.6 Å². The second-order valence-electron chi connectivity index (χ2n) is 5.78. The molecule has 2 N–H and O–H groups in total. The van der Waals surface area contributed by atoms with Crippen LogP contribution in [0.4, 0.5) is 11.4 Å². The molecule has 1 aromatic heterocycles. The first-order chi connectivity index (χ1) is 12.6. The summed E-state index contributed by atoms with van der Waals surface area (Å²) in [5.41, 5.74) is 3.42. The molecule has 0 spiro atoms. The molecule has 0 aliphatic heterocycles. The largest absolute Gasteiger partial charge is 0.493 e. The number of nitrogens with zero attached hydrogens (tertiary/aromatic N) is 1. The number of hydrogen-bond donors (Lipinski definition) is 2. The van der Waals surface area contributed by atoms with Crippen LogP contribution in [0.15, 0.2) is 48.7 Å². The van der Waals surface area contributed by atoms with Gasteiger partial charge in [-0.25, -0.2) is 0 Å². The Morgan fingerprint density at radius 2 is 1.77 bits per heavy atom. The Hall–Kier alpha value is -3.12. The van der Waals surface area contributed by atoms with Gasteiger partial charge in [0.25, 0.3) is 0 Å². The summed E-state index contributed by atoms with van der Waals surface area (Å²) in [5.74, 6) is 1.06. The van der Waals surface area contributed by atoms with Gasteiger partial charge in [-0.15, -0.1) is 0 Å². The third kappa shape index (κ3) is 3.75. The number of hydrogen-bond acceptors (Lipinski definition) is 6. The second kappa shape index (κ2) is 7.84. The highest BCUT2D eigenvalue weighted by Crippen LogP contribution is 2.35. The maximum atomic E-state index is 11.3. The summed E-state index contributed by atoms with van der Waals surface area (Å²) in [6, 6.07) is 13.1. The van der Waals surface area contributed by atoms with E-state index in [0.717, 1.165) is 27.8 Å². The summed E-state index contributed by atoms with van der Waals surface area (Å²) in [5, 5.41) is 13.1. The Kier molecular flexibility index (Phi) is 5.34. The van der Waals surface area contributed by atoms with Crippen molar-refractivity contribution in [2.45, 2.75) is 6.42 Å². The summed E-state index contributed by atoms with van der Waals surface area (Å²) in [6.07, 6.45) is 1.96. The van der Waals surface area contributed by atoms with Gasteiger partial charge in [0.15, 0.2) is 17.3 Å². The number of anilines is 2. The average Bonchev–Trinajstić information content (AvgIpc) is 2.68. The number of aliphatic hydroxyl groups is 1. The fraction of sp³-hybridized carbons (Fsp3) is 0.200. The van der Waals surface area contributed by atoms with Crippen LogP contribution in [0.5, 0.6) is 11.5 Å². The molecule has 0 fully saturated rings. The summed E-state index contributed by atoms with van der Waals surface area (Å²) in [4.78, 5) is 15.7. The first-order valence-electron chi connectivity index (χ1n) is 8.14. The standard InChI is InChI=1S/C20H20N2O4/c1-25-19-10-16-17(7-8-21-18(16)11-20(19)26-2)22-14-5-3-13(4-6-14)9-15(24)12-23/h3-8,10-11,23H,9,12H2,1-2H3,(H,21,22). The number of carbonyl (C=O) groups is 1. The van der Waals surface area contributed by atoms with Gasteiger partial charge in [-0.05, 0) is 29.8 Å². The summed E-state index contributed by atoms with van der Waals surface area (Å²) < 4.78 is 10.7. The molecular formula is C20H20N2O4. The highest BCUT2D eigenvalue weighted by Gasteiger charge is 2.10. The van der Waals surface area contributed by atoms with E-state index in [1.807, 2.05) is 42.5 Å². The van der Waals surface area contributed by atoms with E-state index in [0.29, 0.717) is 11.5 Å². The molecule has 0 atom stereocenters. The minimum atomic E-state index is -0.436. The Balaban J connectivity index is 1.90. The van der Waals surface area contributed by atoms with Gasteiger partial charge in [-0.1, -0.05) is 12.1 Å². The Labute approximate surface area is 151 Å². The van der Waals surface area contributed by atoms with Crippen molar-refractivity contribution in [3.8, 4) is 11.5 Å². The van der Waals surface area contributed by atoms with Crippen LogP contribution in [0, 0.1) is 0 Å². The number of ketones is 1. The minimum absolute atomic E-state index is 0.202. The third-order valence-electron chi connectivity index (χ3n) is 4.06. The van der Waals surface area contributed by atoms with Crippen molar-refractivity contribution in [1.29, 1.82) is 0 Å². The summed E-state index contributed by atoms with van der Waals surface area (Å²) in [7, 11) is 3.19. The fourth-order valence-electron chi connectivity index (χ4n) is 2.73. The van der Waals surface area contributed by atoms with Crippen molar-refractivity contribution < 1.29 is 19.4 Å². The van der Waals surface area contributed by atoms with Crippen molar-refractivity contribution in [1.82, 2.24) is 4.98 Å². The van der Waals surface area contributed by atoms with Crippen LogP contribution >= 0.6 is 0 Å². The number of benzene rings is 2. The third-order valence-corrected chi connectivity index (χ3v) is 4.06. The Morgan fingerprint density at radius 3 is 2.42 bits per heavy atom. The Morgan fingerprint density at radius 1 is 1.08 bits per heavy atom. The number of pyridine rings is 1. The maximum Gasteiger partial charge on any atom is 0.162 e. The van der Waals surface area contributed by atoms with Crippen molar-refractivity contribution in [2.75, 3.05) is 26.1 Å². The molecule has 2 aromatic carbocycles. The zero-order chi connectivity index (χ0) is 18.5. The summed E-state index contributed by atoms with van der Waals surface area (Å²) >= 11 is 0. The predicted octanol–water partition coefficient (Wildman–Crippen LogP) is 3.10. The second-order valence-corrected chi connectivity index (χ2v) is 5.78. The molecule has 3 rings (SSSR count). The molecule has 6 heteroatoms. The Bertz CT molecular complexity index is 923. The monoisotopic (exact) mass is 352 g/mol. The molecule has 3 aromatic rings. The molecule has 0 amide bonds. The van der Waals surface area contributed by atoms with Crippen molar-refractivity contribution in [3.05, 3.63) is 54.2 Å². The van der Waals surface area contributed by atoms with Crippen LogP contribution in [0.1, 0.15) is 5.56 Å². The van der Waals surface area contributed by atoms with Crippen LogP contribution in [-0.4, -0.2) is 36.7 Å². The number of carbonyl (C=O) groups excluding carboxylic acids is 1. The first kappa shape index (κ1) is 17.7. The van der Waals surface area contributed by atoms with Crippen molar-refractivity contribution in [2.24, 2.45) is 0 Å². The molecule has 26 heavy (non-hydrogen) atoms. The molecule has 0 saturated carbocycles. The van der Waals surface area contributed by atoms with E-state index < -0.39 is 6.61 Å². The lowest BCUT2D eigenvalue weighted by molar-refractivity contribution is -0.121. The van der Waals surface area contributed by atoms with E-state index in [9.17, 15) is 4.79 Å². The first-order valence-corrected chi connectivity index (χ1v) is 8.14. The molecule has 0 bridgehead atoms. The number of ether oxygens (including phenoxy) is 2. The normalized spacial score (nSPS) is 10.6. The molecule has 6 nitrogen and oxygen atoms in total. The van der Waals surface area contributed by atoms with Gasteiger partial charge in [0.1, 0.15) is 6.61 Å². The van der Waals surface area contributed by atoms with Crippen LogP contribution in [-0.2, 0) is 11.2 Å². The zero-order valence-electron chi connectivity index (χ0n) is 14.7. The summed E-state index contributed by atoms with van der Waals surface area (Å²) in [6.45, 7) is -0.436. The molecular weight excluding hydrogens is 332 g/mol. The predicted molar refractivity (Wildman–Crippen MR) is 100 cm³/mol. The van der Waals surface area contributed by atoms with E-state index >= 15 is 0 Å². The van der Waals surface area contributed by atoms with Crippen LogP contribution in [0.2, 0.25) is 0 Å². The molecule has 0 aliphatic carbocycles. The highest BCUT2D eigenvalue weighted by molar-refractivity contribution is 5.95. The fourth-order valence-corrected chi connectivity index (χ4v) is 2.73. The number of Topliss-reactive ketones (excluding diaryl/α,β-unsaturated/α-hetero) is 1. The topological polar surface area (TPSA) is 80.7 Å². The number of methoxy groups -OCH3 is 2. The maximum absolute atomic E-state index is 11.3. The van der Waals surface area contributed by atoms with Gasteiger partial charge in [0.2, 0.25) is 0 Å². The smallest absolute Gasteiger partial charge is 0.162 e. The van der Waals surface area contributed by atoms with Gasteiger partial charge in [-0.3, -0.25) is 9.78 Å². The van der Waals surface area contributed by atoms with E-state index in [-0.39, 0.29) is 12.2 Å². The molecule has 1 heterocycles. The van der Waals surface area contributed by atoms with Crippen LogP contribution < -0.4 is 14.8 Å². The van der Waals surface area contributed by atoms with E-state index in [2.05, 4.69) is 10.3 Å². The number of aromatic nitrogens is 1. The average molecular weight is 352 g/mol. The van der Waals surface area contributed by atoms with Crippen molar-refractivity contribution >= 4 is 28.1 Å². The molecule has 0 radical (unpaired) electrons. The highest BCUT2D eigenvalue weighted by atomic mass is 16.5. The molecule has 0 unspecified atom stereocenters. The quantitative estimate of drug-likeness (QED) is 0.680. The lowest BCUT2D eigenvalue weighted by Gasteiger charge is -2.13. The van der Waals surface area contributed by atoms with Crippen LogP contribution in [0.3, 0.4) is 0 Å².